The van der Waals surface area contributed by atoms with E-state index in [1.165, 1.54) is 6.42 Å². The van der Waals surface area contributed by atoms with Gasteiger partial charge in [-0.15, -0.1) is 0 Å². The maximum Gasteiger partial charge on any atom is 0.164 e. The Kier molecular flexibility index (Phi) is 4.80. The second-order valence-corrected chi connectivity index (χ2v) is 6.95. The largest absolute Gasteiger partial charge is 0.350 e. The van der Waals surface area contributed by atoms with Gasteiger partial charge in [-0.05, 0) is 43.0 Å². The number of halogens is 1. The lowest BCUT2D eigenvalue weighted by Gasteiger charge is -2.22. The molecule has 1 aromatic carbocycles. The zero-order valence-corrected chi connectivity index (χ0v) is 13.6. The summed E-state index contributed by atoms with van der Waals surface area (Å²) < 4.78 is 0. The summed E-state index contributed by atoms with van der Waals surface area (Å²) in [5, 5.41) is 1.89. The van der Waals surface area contributed by atoms with Gasteiger partial charge in [0.05, 0.1) is 5.69 Å². The van der Waals surface area contributed by atoms with Crippen molar-refractivity contribution in [2.45, 2.75) is 33.2 Å². The quantitative estimate of drug-likeness (QED) is 0.801. The molecule has 0 radical (unpaired) electrons. The highest BCUT2D eigenvalue weighted by Crippen LogP contribution is 2.30. The van der Waals surface area contributed by atoms with Gasteiger partial charge in [-0.1, -0.05) is 37.2 Å². The van der Waals surface area contributed by atoms with Crippen LogP contribution in [0.5, 0.6) is 0 Å². The lowest BCUT2D eigenvalue weighted by atomic mass is 10.0. The van der Waals surface area contributed by atoms with E-state index in [-0.39, 0.29) is 0 Å². The van der Waals surface area contributed by atoms with E-state index in [0.717, 1.165) is 33.1 Å². The van der Waals surface area contributed by atoms with Gasteiger partial charge in [0.1, 0.15) is 0 Å². The third-order valence-electron chi connectivity index (χ3n) is 3.37. The molecule has 2 nitrogen and oxygen atoms in total. The molecule has 0 spiro atoms. The molecular weight excluding hydrogens is 276 g/mol. The van der Waals surface area contributed by atoms with Gasteiger partial charge in [0.2, 0.25) is 0 Å². The molecule has 0 unspecified atom stereocenters. The van der Waals surface area contributed by atoms with Crippen molar-refractivity contribution in [1.29, 1.82) is 0 Å². The van der Waals surface area contributed by atoms with E-state index < -0.39 is 0 Å². The summed E-state index contributed by atoms with van der Waals surface area (Å²) >= 11 is 7.83. The molecule has 1 atom stereocenters. The summed E-state index contributed by atoms with van der Waals surface area (Å²) in [5.41, 5.74) is 2.14. The Morgan fingerprint density at radius 1 is 1.47 bits per heavy atom. The predicted molar refractivity (Wildman–Crippen MR) is 86.7 cm³/mol. The van der Waals surface area contributed by atoms with Crippen LogP contribution in [0.3, 0.4) is 0 Å². The number of benzene rings is 1. The van der Waals surface area contributed by atoms with Crippen molar-refractivity contribution < 1.29 is 0 Å². The van der Waals surface area contributed by atoms with Gasteiger partial charge in [-0.25, -0.2) is 4.99 Å². The molecule has 0 N–H and O–H groups in total. The van der Waals surface area contributed by atoms with E-state index in [0.29, 0.717) is 6.04 Å². The Morgan fingerprint density at radius 2 is 2.21 bits per heavy atom. The number of amidine groups is 1. The van der Waals surface area contributed by atoms with E-state index in [1.807, 2.05) is 30.0 Å². The van der Waals surface area contributed by atoms with Crippen LogP contribution in [-0.4, -0.2) is 28.9 Å². The van der Waals surface area contributed by atoms with Crippen LogP contribution in [0.2, 0.25) is 5.02 Å². The molecule has 1 fully saturated rings. The standard InChI is InChI=1S/C15H21ClN2S/c1-10(2)7-13-9-19-15(18(13)4)17-14-6-5-12(16)8-11(14)3/h5-6,8,10,13H,7,9H2,1-4H3/t13-/m0/s1. The van der Waals surface area contributed by atoms with Crippen molar-refractivity contribution >= 4 is 34.2 Å². The lowest BCUT2D eigenvalue weighted by molar-refractivity contribution is 0.351. The Labute approximate surface area is 125 Å². The molecule has 1 heterocycles. The van der Waals surface area contributed by atoms with E-state index in [4.69, 9.17) is 16.6 Å². The molecule has 1 aliphatic rings. The summed E-state index contributed by atoms with van der Waals surface area (Å²) in [6.45, 7) is 6.60. The average Bonchev–Trinajstić information content (AvgIpc) is 2.64. The molecule has 0 aliphatic carbocycles. The number of thioether (sulfide) groups is 1. The first kappa shape index (κ1) is 14.7. The summed E-state index contributed by atoms with van der Waals surface area (Å²) in [4.78, 5) is 7.10. The van der Waals surface area contributed by atoms with Gasteiger partial charge < -0.3 is 4.90 Å². The second kappa shape index (κ2) is 6.19. The number of hydrogen-bond acceptors (Lipinski definition) is 2. The van der Waals surface area contributed by atoms with Crippen LogP contribution < -0.4 is 0 Å². The third-order valence-corrected chi connectivity index (χ3v) is 4.80. The smallest absolute Gasteiger partial charge is 0.164 e. The minimum absolute atomic E-state index is 0.608. The van der Waals surface area contributed by atoms with Gasteiger partial charge in [-0.2, -0.15) is 0 Å². The van der Waals surface area contributed by atoms with Crippen molar-refractivity contribution in [3.05, 3.63) is 28.8 Å². The average molecular weight is 297 g/mol. The van der Waals surface area contributed by atoms with Crippen LogP contribution in [0, 0.1) is 12.8 Å². The summed E-state index contributed by atoms with van der Waals surface area (Å²) in [7, 11) is 2.15. The van der Waals surface area contributed by atoms with E-state index in [1.54, 1.807) is 0 Å². The Morgan fingerprint density at radius 3 is 2.84 bits per heavy atom. The van der Waals surface area contributed by atoms with Crippen LogP contribution in [0.25, 0.3) is 0 Å². The fourth-order valence-corrected chi connectivity index (χ4v) is 3.71. The molecule has 0 aromatic heterocycles. The maximum absolute atomic E-state index is 5.98. The molecule has 1 aliphatic heterocycles. The Balaban J connectivity index is 2.16. The number of hydrogen-bond donors (Lipinski definition) is 0. The predicted octanol–water partition coefficient (Wildman–Crippen LogP) is 4.73. The van der Waals surface area contributed by atoms with Gasteiger partial charge in [0.15, 0.2) is 5.17 Å². The van der Waals surface area contributed by atoms with Crippen molar-refractivity contribution in [2.75, 3.05) is 12.8 Å². The minimum Gasteiger partial charge on any atom is -0.350 e. The molecule has 0 amide bonds. The van der Waals surface area contributed by atoms with Crippen LogP contribution >= 0.6 is 23.4 Å². The number of rotatable bonds is 3. The van der Waals surface area contributed by atoms with E-state index in [2.05, 4.69) is 32.7 Å². The SMILES string of the molecule is Cc1cc(Cl)ccc1N=C1SC[C@H](CC(C)C)N1C. The summed E-state index contributed by atoms with van der Waals surface area (Å²) in [5.74, 6) is 1.87. The van der Waals surface area contributed by atoms with Crippen LogP contribution in [0.15, 0.2) is 23.2 Å². The van der Waals surface area contributed by atoms with Crippen molar-refractivity contribution in [1.82, 2.24) is 4.90 Å². The fourth-order valence-electron chi connectivity index (χ4n) is 2.27. The Bertz CT molecular complexity index is 485. The van der Waals surface area contributed by atoms with Gasteiger partial charge in [-0.3, -0.25) is 0 Å². The molecular formula is C15H21ClN2S. The second-order valence-electron chi connectivity index (χ2n) is 5.53. The fraction of sp³-hybridized carbons (Fsp3) is 0.533. The third kappa shape index (κ3) is 3.67. The number of aryl methyl sites for hydroxylation is 1. The topological polar surface area (TPSA) is 15.6 Å². The molecule has 19 heavy (non-hydrogen) atoms. The molecule has 1 aromatic rings. The highest BCUT2D eigenvalue weighted by atomic mass is 35.5. The number of nitrogens with zero attached hydrogens (tertiary/aromatic N) is 2. The number of aliphatic imine (C=N–C) groups is 1. The Hall–Kier alpha value is -0.670. The molecule has 4 heteroatoms. The molecule has 0 saturated carbocycles. The van der Waals surface area contributed by atoms with E-state index in [9.17, 15) is 0 Å². The van der Waals surface area contributed by atoms with Crippen molar-refractivity contribution in [3.8, 4) is 0 Å². The maximum atomic E-state index is 5.98. The van der Waals surface area contributed by atoms with Crippen molar-refractivity contribution in [3.63, 3.8) is 0 Å². The zero-order valence-electron chi connectivity index (χ0n) is 12.0. The molecule has 104 valence electrons. The molecule has 0 bridgehead atoms. The highest BCUT2D eigenvalue weighted by molar-refractivity contribution is 8.14. The first-order valence-corrected chi connectivity index (χ1v) is 8.04. The first-order valence-electron chi connectivity index (χ1n) is 6.68. The van der Waals surface area contributed by atoms with Gasteiger partial charge >= 0.3 is 0 Å². The summed E-state index contributed by atoms with van der Waals surface area (Å²) in [6.07, 6.45) is 1.22. The van der Waals surface area contributed by atoms with Gasteiger partial charge in [0, 0.05) is 23.9 Å². The van der Waals surface area contributed by atoms with E-state index >= 15 is 0 Å². The van der Waals surface area contributed by atoms with Crippen LogP contribution in [0.4, 0.5) is 5.69 Å². The van der Waals surface area contributed by atoms with Crippen LogP contribution in [-0.2, 0) is 0 Å². The van der Waals surface area contributed by atoms with Crippen LogP contribution in [0.1, 0.15) is 25.8 Å². The van der Waals surface area contributed by atoms with Crippen molar-refractivity contribution in [2.24, 2.45) is 10.9 Å². The minimum atomic E-state index is 0.608. The normalized spacial score (nSPS) is 21.7. The highest BCUT2D eigenvalue weighted by Gasteiger charge is 2.27. The first-order chi connectivity index (χ1) is 8.97. The monoisotopic (exact) mass is 296 g/mol. The lowest BCUT2D eigenvalue weighted by Crippen LogP contribution is -2.30. The van der Waals surface area contributed by atoms with Gasteiger partial charge in [0.25, 0.3) is 0 Å². The molecule has 2 rings (SSSR count). The summed E-state index contributed by atoms with van der Waals surface area (Å²) in [6, 6.07) is 6.47. The molecule has 1 saturated heterocycles. The zero-order chi connectivity index (χ0) is 14.0.